The van der Waals surface area contributed by atoms with Gasteiger partial charge in [0.05, 0.1) is 6.42 Å². The maximum Gasteiger partial charge on any atom is 0.232 e. The van der Waals surface area contributed by atoms with E-state index in [0.29, 0.717) is 22.6 Å². The number of anilines is 1. The first-order valence-corrected chi connectivity index (χ1v) is 7.56. The number of hydrogen-bond donors (Lipinski definition) is 1. The summed E-state index contributed by atoms with van der Waals surface area (Å²) in [6.07, 6.45) is 0.0412. The lowest BCUT2D eigenvalue weighted by molar-refractivity contribution is -0.115. The largest absolute Gasteiger partial charge is 0.444 e. The number of hydrogen-bond acceptors (Lipinski definition) is 5. The molecule has 6 heteroatoms. The maximum absolute atomic E-state index is 12.3. The van der Waals surface area contributed by atoms with Crippen LogP contribution in [-0.4, -0.2) is 11.1 Å². The maximum atomic E-state index is 12.3. The predicted octanol–water partition coefficient (Wildman–Crippen LogP) is 3.71. The quantitative estimate of drug-likeness (QED) is 0.793. The number of nitrogens with zero attached hydrogens (tertiary/aromatic N) is 2. The van der Waals surface area contributed by atoms with Gasteiger partial charge in [0, 0.05) is 10.9 Å². The molecule has 122 valence electrons. The first kappa shape index (κ1) is 15.8. The second-order valence-electron chi connectivity index (χ2n) is 5.91. The van der Waals surface area contributed by atoms with Crippen molar-refractivity contribution in [2.45, 2.75) is 34.1 Å². The zero-order valence-electron chi connectivity index (χ0n) is 14.0. The molecule has 2 heterocycles. The fraction of sp³-hybridized carbons (Fsp3) is 0.278. The van der Waals surface area contributed by atoms with E-state index in [1.54, 1.807) is 13.8 Å². The third-order valence-corrected chi connectivity index (χ3v) is 4.06. The summed E-state index contributed by atoms with van der Waals surface area (Å²) in [5.41, 5.74) is 4.38. The number of amides is 1. The number of carbonyl (C=O) groups is 1. The van der Waals surface area contributed by atoms with Crippen LogP contribution in [0.25, 0.3) is 11.0 Å². The highest BCUT2D eigenvalue weighted by Gasteiger charge is 2.19. The fourth-order valence-electron chi connectivity index (χ4n) is 2.74. The number of nitriles is 1. The fourth-order valence-corrected chi connectivity index (χ4v) is 2.74. The molecule has 0 aliphatic rings. The summed E-state index contributed by atoms with van der Waals surface area (Å²) < 4.78 is 10.8. The molecular weight excluding hydrogens is 306 g/mol. The Labute approximate surface area is 139 Å². The van der Waals surface area contributed by atoms with Crippen molar-refractivity contribution in [2.24, 2.45) is 0 Å². The predicted molar refractivity (Wildman–Crippen MR) is 88.7 cm³/mol. The molecule has 0 spiro atoms. The molecule has 0 aliphatic heterocycles. The number of benzene rings is 1. The lowest BCUT2D eigenvalue weighted by Crippen LogP contribution is -2.15. The standard InChI is InChI=1S/C18H17N3O3/c1-9-5-10(2)17-13(6-9)15(21-24-17)7-16(22)20-18-14(8-19)11(3)12(4)23-18/h5-6H,7H2,1-4H3,(H,20,22). The summed E-state index contributed by atoms with van der Waals surface area (Å²) in [5, 5.41) is 16.7. The summed E-state index contributed by atoms with van der Waals surface area (Å²) in [6.45, 7) is 7.46. The van der Waals surface area contributed by atoms with Gasteiger partial charge < -0.3 is 8.94 Å². The van der Waals surface area contributed by atoms with E-state index in [4.69, 9.17) is 8.94 Å². The van der Waals surface area contributed by atoms with E-state index in [9.17, 15) is 10.1 Å². The Hall–Kier alpha value is -3.07. The van der Waals surface area contributed by atoms with Crippen LogP contribution in [0, 0.1) is 39.0 Å². The Bertz CT molecular complexity index is 989. The summed E-state index contributed by atoms with van der Waals surface area (Å²) >= 11 is 0. The third-order valence-electron chi connectivity index (χ3n) is 4.06. The molecule has 0 aliphatic carbocycles. The summed E-state index contributed by atoms with van der Waals surface area (Å²) in [7, 11) is 0. The molecule has 24 heavy (non-hydrogen) atoms. The highest BCUT2D eigenvalue weighted by molar-refractivity contribution is 5.95. The van der Waals surface area contributed by atoms with E-state index in [0.717, 1.165) is 22.1 Å². The van der Waals surface area contributed by atoms with Crippen molar-refractivity contribution < 1.29 is 13.7 Å². The molecule has 0 atom stereocenters. The van der Waals surface area contributed by atoms with Crippen LogP contribution >= 0.6 is 0 Å². The number of fused-ring (bicyclic) bond motifs is 1. The minimum absolute atomic E-state index is 0.0412. The molecular formula is C18H17N3O3. The van der Waals surface area contributed by atoms with E-state index in [1.165, 1.54) is 0 Å². The van der Waals surface area contributed by atoms with Crippen molar-refractivity contribution in [1.29, 1.82) is 5.26 Å². The molecule has 1 aromatic carbocycles. The zero-order valence-corrected chi connectivity index (χ0v) is 14.0. The van der Waals surface area contributed by atoms with Crippen LogP contribution in [0.15, 0.2) is 21.1 Å². The van der Waals surface area contributed by atoms with Gasteiger partial charge in [0.15, 0.2) is 5.58 Å². The first-order chi connectivity index (χ1) is 11.4. The van der Waals surface area contributed by atoms with Gasteiger partial charge in [0.25, 0.3) is 0 Å². The number of aryl methyl sites for hydroxylation is 3. The Morgan fingerprint density at radius 2 is 2.04 bits per heavy atom. The summed E-state index contributed by atoms with van der Waals surface area (Å²) in [4.78, 5) is 12.3. The van der Waals surface area contributed by atoms with Crippen LogP contribution in [0.5, 0.6) is 0 Å². The molecule has 0 saturated heterocycles. The van der Waals surface area contributed by atoms with E-state index in [-0.39, 0.29) is 18.2 Å². The number of nitrogens with one attached hydrogen (secondary N) is 1. The van der Waals surface area contributed by atoms with Gasteiger partial charge in [-0.15, -0.1) is 0 Å². The van der Waals surface area contributed by atoms with Crippen LogP contribution < -0.4 is 5.32 Å². The van der Waals surface area contributed by atoms with E-state index in [1.807, 2.05) is 26.0 Å². The Morgan fingerprint density at radius 1 is 1.29 bits per heavy atom. The monoisotopic (exact) mass is 323 g/mol. The van der Waals surface area contributed by atoms with Crippen LogP contribution in [0.1, 0.15) is 33.7 Å². The second-order valence-corrected chi connectivity index (χ2v) is 5.91. The van der Waals surface area contributed by atoms with Crippen molar-refractivity contribution in [3.05, 3.63) is 45.8 Å². The van der Waals surface area contributed by atoms with Crippen molar-refractivity contribution in [3.63, 3.8) is 0 Å². The van der Waals surface area contributed by atoms with Crippen molar-refractivity contribution in [2.75, 3.05) is 5.32 Å². The highest BCUT2D eigenvalue weighted by Crippen LogP contribution is 2.27. The molecule has 6 nitrogen and oxygen atoms in total. The van der Waals surface area contributed by atoms with E-state index in [2.05, 4.69) is 16.5 Å². The molecule has 0 unspecified atom stereocenters. The van der Waals surface area contributed by atoms with Crippen molar-refractivity contribution in [3.8, 4) is 6.07 Å². The smallest absolute Gasteiger partial charge is 0.232 e. The van der Waals surface area contributed by atoms with Gasteiger partial charge in [0.2, 0.25) is 11.8 Å². The summed E-state index contributed by atoms with van der Waals surface area (Å²) in [5.74, 6) is 0.479. The average molecular weight is 323 g/mol. The van der Waals surface area contributed by atoms with Gasteiger partial charge in [-0.25, -0.2) is 0 Å². The summed E-state index contributed by atoms with van der Waals surface area (Å²) in [6, 6.07) is 6.00. The van der Waals surface area contributed by atoms with Crippen LogP contribution in [0.4, 0.5) is 5.88 Å². The van der Waals surface area contributed by atoms with Gasteiger partial charge in [0.1, 0.15) is 23.1 Å². The molecule has 0 bridgehead atoms. The second kappa shape index (κ2) is 5.85. The lowest BCUT2D eigenvalue weighted by atomic mass is 10.1. The lowest BCUT2D eigenvalue weighted by Gasteiger charge is -2.01. The van der Waals surface area contributed by atoms with Crippen molar-refractivity contribution in [1.82, 2.24) is 5.16 Å². The molecule has 0 radical (unpaired) electrons. The van der Waals surface area contributed by atoms with Crippen LogP contribution in [-0.2, 0) is 11.2 Å². The first-order valence-electron chi connectivity index (χ1n) is 7.56. The molecule has 2 aromatic heterocycles. The molecule has 3 aromatic rings. The van der Waals surface area contributed by atoms with Gasteiger partial charge in [-0.2, -0.15) is 5.26 Å². The average Bonchev–Trinajstić information content (AvgIpc) is 3.01. The molecule has 0 saturated carbocycles. The third kappa shape index (κ3) is 2.65. The number of rotatable bonds is 3. The van der Waals surface area contributed by atoms with Gasteiger partial charge >= 0.3 is 0 Å². The van der Waals surface area contributed by atoms with Gasteiger partial charge in [-0.1, -0.05) is 11.2 Å². The normalized spacial score (nSPS) is 10.8. The highest BCUT2D eigenvalue weighted by atomic mass is 16.5. The van der Waals surface area contributed by atoms with Crippen LogP contribution in [0.2, 0.25) is 0 Å². The molecule has 3 rings (SSSR count). The minimum atomic E-state index is -0.311. The molecule has 0 fully saturated rings. The number of aromatic nitrogens is 1. The van der Waals surface area contributed by atoms with Gasteiger partial charge in [-0.05, 0) is 44.9 Å². The minimum Gasteiger partial charge on any atom is -0.444 e. The van der Waals surface area contributed by atoms with Gasteiger partial charge in [-0.3, -0.25) is 10.1 Å². The topological polar surface area (TPSA) is 92.1 Å². The number of carbonyl (C=O) groups excluding carboxylic acids is 1. The Balaban J connectivity index is 1.86. The van der Waals surface area contributed by atoms with Crippen LogP contribution in [0.3, 0.4) is 0 Å². The molecule has 1 amide bonds. The van der Waals surface area contributed by atoms with E-state index < -0.39 is 0 Å². The Kier molecular flexibility index (Phi) is 3.86. The van der Waals surface area contributed by atoms with E-state index >= 15 is 0 Å². The SMILES string of the molecule is Cc1cc(C)c2onc(CC(=O)Nc3oc(C)c(C)c3C#N)c2c1. The van der Waals surface area contributed by atoms with Crippen molar-refractivity contribution >= 4 is 22.8 Å². The number of furan rings is 1. The molecule has 1 N–H and O–H groups in total. The zero-order chi connectivity index (χ0) is 17.4. The Morgan fingerprint density at radius 3 is 2.75 bits per heavy atom.